The summed E-state index contributed by atoms with van der Waals surface area (Å²) in [5.74, 6) is 0.195. The minimum absolute atomic E-state index is 0.241. The molecule has 0 saturated carbocycles. The molecule has 2 aromatic heterocycles. The number of carboxylic acids is 1. The number of carbonyl (C=O) groups is 1. The number of nitrogens with zero attached hydrogens (tertiary/aromatic N) is 3. The molecule has 40 heavy (non-hydrogen) atoms. The molecule has 2 heterocycles. The fraction of sp³-hybridized carbons (Fsp3) is 0.133. The first-order valence-corrected chi connectivity index (χ1v) is 13.2. The quantitative estimate of drug-likeness (QED) is 0.153. The summed E-state index contributed by atoms with van der Waals surface area (Å²) in [6.07, 6.45) is 3.58. The molecule has 0 unspecified atom stereocenters. The number of para-hydroxylation sites is 1. The molecule has 0 amide bonds. The summed E-state index contributed by atoms with van der Waals surface area (Å²) in [4.78, 5) is 29.4. The Hall–Kier alpha value is -4.70. The van der Waals surface area contributed by atoms with Gasteiger partial charge in [-0.1, -0.05) is 34.1 Å². The highest BCUT2D eigenvalue weighted by atomic mass is 79.9. The zero-order valence-corrected chi connectivity index (χ0v) is 23.1. The highest BCUT2D eigenvalue weighted by Gasteiger charge is 2.18. The van der Waals surface area contributed by atoms with E-state index in [0.29, 0.717) is 57.9 Å². The van der Waals surface area contributed by atoms with Gasteiger partial charge < -0.3 is 19.0 Å². The molecule has 3 aromatic carbocycles. The highest BCUT2D eigenvalue weighted by molar-refractivity contribution is 9.10. The Labute approximate surface area is 237 Å². The minimum Gasteiger partial charge on any atom is -0.490 e. The molecule has 5 rings (SSSR count). The summed E-state index contributed by atoms with van der Waals surface area (Å²) in [5.41, 5.74) is 2.06. The Bertz CT molecular complexity index is 1840. The molecule has 10 heteroatoms. The summed E-state index contributed by atoms with van der Waals surface area (Å²) >= 11 is 3.47. The fourth-order valence-corrected chi connectivity index (χ4v) is 4.64. The van der Waals surface area contributed by atoms with Crippen molar-refractivity contribution in [3.8, 4) is 23.1 Å². The van der Waals surface area contributed by atoms with E-state index in [9.17, 15) is 9.59 Å². The molecule has 0 atom stereocenters. The van der Waals surface area contributed by atoms with Crippen molar-refractivity contribution in [2.45, 2.75) is 13.3 Å². The second-order valence-electron chi connectivity index (χ2n) is 8.72. The Morgan fingerprint density at radius 3 is 2.77 bits per heavy atom. The smallest absolute Gasteiger partial charge is 0.341 e. The fourth-order valence-electron chi connectivity index (χ4n) is 4.26. The average molecular weight is 602 g/mol. The zero-order chi connectivity index (χ0) is 28.2. The summed E-state index contributed by atoms with van der Waals surface area (Å²) in [5, 5.41) is 14.9. The van der Waals surface area contributed by atoms with Crippen LogP contribution in [-0.4, -0.2) is 40.2 Å². The number of rotatable bonds is 10. The third-order valence-corrected chi connectivity index (χ3v) is 6.43. The van der Waals surface area contributed by atoms with Crippen LogP contribution < -0.4 is 15.0 Å². The van der Waals surface area contributed by atoms with Gasteiger partial charge in [0.2, 0.25) is 5.82 Å². The van der Waals surface area contributed by atoms with E-state index >= 15 is 0 Å². The largest absolute Gasteiger partial charge is 0.490 e. The first-order valence-electron chi connectivity index (χ1n) is 12.4. The van der Waals surface area contributed by atoms with E-state index < -0.39 is 12.6 Å². The van der Waals surface area contributed by atoms with Crippen molar-refractivity contribution in [3.63, 3.8) is 0 Å². The van der Waals surface area contributed by atoms with Gasteiger partial charge in [-0.25, -0.2) is 9.78 Å². The highest BCUT2D eigenvalue weighted by Crippen LogP contribution is 2.34. The van der Waals surface area contributed by atoms with Gasteiger partial charge in [-0.2, -0.15) is 9.78 Å². The number of benzene rings is 3. The van der Waals surface area contributed by atoms with E-state index in [4.69, 9.17) is 24.0 Å². The topological polar surface area (TPSA) is 116 Å². The lowest BCUT2D eigenvalue weighted by Crippen LogP contribution is -2.20. The first kappa shape index (κ1) is 26.9. The van der Waals surface area contributed by atoms with E-state index in [1.807, 2.05) is 37.3 Å². The summed E-state index contributed by atoms with van der Waals surface area (Å²) in [7, 11) is 0. The van der Waals surface area contributed by atoms with E-state index in [0.717, 1.165) is 9.86 Å². The molecule has 0 radical (unpaired) electrons. The van der Waals surface area contributed by atoms with E-state index in [1.54, 1.807) is 36.4 Å². The van der Waals surface area contributed by atoms with Crippen LogP contribution >= 0.6 is 15.9 Å². The van der Waals surface area contributed by atoms with Crippen LogP contribution in [0.5, 0.6) is 11.5 Å². The van der Waals surface area contributed by atoms with Crippen LogP contribution in [-0.2, 0) is 11.2 Å². The number of furan rings is 1. The van der Waals surface area contributed by atoms with Gasteiger partial charge in [0.25, 0.3) is 5.56 Å². The van der Waals surface area contributed by atoms with Gasteiger partial charge >= 0.3 is 5.97 Å². The number of aromatic nitrogens is 2. The molecular weight excluding hydrogens is 578 g/mol. The van der Waals surface area contributed by atoms with E-state index in [-0.39, 0.29) is 11.4 Å². The van der Waals surface area contributed by atoms with Crippen LogP contribution in [0.25, 0.3) is 33.5 Å². The third kappa shape index (κ3) is 5.52. The standard InChI is InChI=1S/C30H24BrN3O6/c1-3-7-19-12-18(13-25(38-4-2)28(19)39-17-27(35)36)16-32-34-29(33-23-9-6-5-8-22(23)30(34)37)26-15-20-14-21(31)10-11-24(20)40-26/h3,5-6,8-16H,1,4,7,17H2,2H3,(H,35,36). The SMILES string of the molecule is C=CCc1cc(C=Nn2c(-c3cc4cc(Br)ccc4o3)nc3ccccc3c2=O)cc(OCC)c1OCC(=O)O. The number of carboxylic acid groups (broad SMARTS) is 1. The lowest BCUT2D eigenvalue weighted by Gasteiger charge is -2.15. The maximum atomic E-state index is 13.6. The number of ether oxygens (including phenoxy) is 2. The maximum Gasteiger partial charge on any atom is 0.341 e. The summed E-state index contributed by atoms with van der Waals surface area (Å²) in [6.45, 7) is 5.41. The molecule has 0 aliphatic carbocycles. The first-order chi connectivity index (χ1) is 19.4. The van der Waals surface area contributed by atoms with Gasteiger partial charge in [-0.05, 0) is 67.4 Å². The van der Waals surface area contributed by atoms with Gasteiger partial charge in [0.15, 0.2) is 23.9 Å². The predicted molar refractivity (Wildman–Crippen MR) is 157 cm³/mol. The molecule has 0 fully saturated rings. The monoisotopic (exact) mass is 601 g/mol. The van der Waals surface area contributed by atoms with Crippen LogP contribution in [0.15, 0.2) is 92.1 Å². The van der Waals surface area contributed by atoms with Gasteiger partial charge in [0, 0.05) is 15.4 Å². The molecule has 1 N–H and O–H groups in total. The predicted octanol–water partition coefficient (Wildman–Crippen LogP) is 6.05. The molecule has 0 saturated heterocycles. The van der Waals surface area contributed by atoms with Crippen LogP contribution in [0.3, 0.4) is 0 Å². The van der Waals surface area contributed by atoms with Crippen LogP contribution in [0.2, 0.25) is 0 Å². The molecular formula is C30H24BrN3O6. The second-order valence-corrected chi connectivity index (χ2v) is 9.64. The minimum atomic E-state index is -1.11. The van der Waals surface area contributed by atoms with Crippen molar-refractivity contribution >= 4 is 50.0 Å². The molecule has 0 spiro atoms. The Kier molecular flexibility index (Phi) is 7.79. The number of allylic oxidation sites excluding steroid dienone is 1. The number of hydrogen-bond acceptors (Lipinski definition) is 7. The van der Waals surface area contributed by atoms with Crippen molar-refractivity contribution < 1.29 is 23.8 Å². The van der Waals surface area contributed by atoms with Gasteiger partial charge in [0.1, 0.15) is 5.58 Å². The van der Waals surface area contributed by atoms with E-state index in [1.165, 1.54) is 10.9 Å². The second kappa shape index (κ2) is 11.6. The molecule has 5 aromatic rings. The Balaban J connectivity index is 1.65. The van der Waals surface area contributed by atoms with Crippen LogP contribution in [0, 0.1) is 0 Å². The van der Waals surface area contributed by atoms with Crippen LogP contribution in [0.1, 0.15) is 18.1 Å². The van der Waals surface area contributed by atoms with E-state index in [2.05, 4.69) is 27.6 Å². The maximum absolute atomic E-state index is 13.6. The van der Waals surface area contributed by atoms with Crippen LogP contribution in [0.4, 0.5) is 0 Å². The number of fused-ring (bicyclic) bond motifs is 2. The molecule has 0 aliphatic rings. The lowest BCUT2D eigenvalue weighted by atomic mass is 10.1. The molecule has 202 valence electrons. The number of aliphatic carboxylic acids is 1. The molecule has 9 nitrogen and oxygen atoms in total. The Morgan fingerprint density at radius 2 is 2.00 bits per heavy atom. The zero-order valence-electron chi connectivity index (χ0n) is 21.5. The van der Waals surface area contributed by atoms with Gasteiger partial charge in [-0.15, -0.1) is 6.58 Å². The summed E-state index contributed by atoms with van der Waals surface area (Å²) in [6, 6.07) is 17.9. The number of hydrogen-bond donors (Lipinski definition) is 1. The molecule has 0 bridgehead atoms. The Morgan fingerprint density at radius 1 is 1.18 bits per heavy atom. The normalized spacial score (nSPS) is 11.3. The van der Waals surface area contributed by atoms with Crippen molar-refractivity contribution in [3.05, 3.63) is 99.3 Å². The lowest BCUT2D eigenvalue weighted by molar-refractivity contribution is -0.139. The molecule has 0 aliphatic heterocycles. The van der Waals surface area contributed by atoms with Crippen molar-refractivity contribution in [2.24, 2.45) is 5.10 Å². The average Bonchev–Trinajstić information content (AvgIpc) is 3.35. The van der Waals surface area contributed by atoms with Crippen molar-refractivity contribution in [2.75, 3.05) is 13.2 Å². The van der Waals surface area contributed by atoms with Crippen molar-refractivity contribution in [1.29, 1.82) is 0 Å². The third-order valence-electron chi connectivity index (χ3n) is 5.93. The van der Waals surface area contributed by atoms with Gasteiger partial charge in [-0.3, -0.25) is 4.79 Å². The number of halogens is 1. The summed E-state index contributed by atoms with van der Waals surface area (Å²) < 4.78 is 19.4. The van der Waals surface area contributed by atoms with Gasteiger partial charge in [0.05, 0.1) is 23.7 Å². The van der Waals surface area contributed by atoms with Crippen molar-refractivity contribution in [1.82, 2.24) is 9.66 Å².